The molecule has 1 aromatic heterocycles. The largest absolute Gasteiger partial charge is 0.495 e. The molecule has 0 fully saturated rings. The second kappa shape index (κ2) is 6.07. The fourth-order valence-electron chi connectivity index (χ4n) is 2.19. The number of hydrogen-bond acceptors (Lipinski definition) is 5. The van der Waals surface area contributed by atoms with Crippen LogP contribution in [0.5, 0.6) is 11.5 Å². The maximum absolute atomic E-state index is 6.19. The number of aromatic nitrogens is 2. The summed E-state index contributed by atoms with van der Waals surface area (Å²) < 4.78 is 10.6. The third kappa shape index (κ3) is 2.63. The fraction of sp³-hybridized carbons (Fsp3) is 0.125. The van der Waals surface area contributed by atoms with E-state index >= 15 is 0 Å². The Kier molecular flexibility index (Phi) is 3.98. The van der Waals surface area contributed by atoms with Crippen LogP contribution in [0.4, 0.5) is 11.5 Å². The minimum Gasteiger partial charge on any atom is -0.495 e. The summed E-state index contributed by atoms with van der Waals surface area (Å²) in [4.78, 5) is 8.54. The first-order valence-corrected chi connectivity index (χ1v) is 6.99. The van der Waals surface area contributed by atoms with E-state index in [2.05, 4.69) is 15.3 Å². The Morgan fingerprint density at radius 1 is 1.00 bits per heavy atom. The fourth-order valence-corrected chi connectivity index (χ4v) is 2.43. The number of methoxy groups -OCH3 is 2. The number of rotatable bonds is 4. The Hall–Kier alpha value is -2.53. The van der Waals surface area contributed by atoms with Crippen LogP contribution in [0.1, 0.15) is 0 Å². The molecule has 1 N–H and O–H groups in total. The molecule has 0 aliphatic rings. The van der Waals surface area contributed by atoms with Crippen molar-refractivity contribution in [1.82, 2.24) is 9.97 Å². The molecule has 0 aliphatic carbocycles. The molecule has 2 aromatic carbocycles. The summed E-state index contributed by atoms with van der Waals surface area (Å²) in [5, 5.41) is 4.65. The minimum absolute atomic E-state index is 0.490. The molecular formula is C16H14ClN3O2. The zero-order valence-corrected chi connectivity index (χ0v) is 12.9. The van der Waals surface area contributed by atoms with Gasteiger partial charge in [-0.15, -0.1) is 0 Å². The van der Waals surface area contributed by atoms with Gasteiger partial charge in [0.05, 0.1) is 30.4 Å². The molecule has 0 unspecified atom stereocenters. The summed E-state index contributed by atoms with van der Waals surface area (Å²) in [5.41, 5.74) is 1.57. The number of hydrogen-bond donors (Lipinski definition) is 1. The van der Waals surface area contributed by atoms with Crippen molar-refractivity contribution in [2.24, 2.45) is 0 Å². The SMILES string of the molecule is COc1cc(OC)c(Nc2ncnc3ccccc23)cc1Cl. The number of anilines is 2. The highest BCUT2D eigenvalue weighted by atomic mass is 35.5. The molecule has 0 radical (unpaired) electrons. The zero-order valence-electron chi connectivity index (χ0n) is 12.1. The number of nitrogens with zero attached hydrogens (tertiary/aromatic N) is 2. The van der Waals surface area contributed by atoms with Crippen molar-refractivity contribution < 1.29 is 9.47 Å². The van der Waals surface area contributed by atoms with E-state index in [1.807, 2.05) is 24.3 Å². The van der Waals surface area contributed by atoms with E-state index in [0.29, 0.717) is 28.0 Å². The van der Waals surface area contributed by atoms with Gasteiger partial charge >= 0.3 is 0 Å². The van der Waals surface area contributed by atoms with Crippen molar-refractivity contribution in [2.45, 2.75) is 0 Å². The average molecular weight is 316 g/mol. The van der Waals surface area contributed by atoms with Crippen molar-refractivity contribution in [2.75, 3.05) is 19.5 Å². The number of benzene rings is 2. The molecule has 0 saturated heterocycles. The van der Waals surface area contributed by atoms with Gasteiger partial charge in [0.25, 0.3) is 0 Å². The van der Waals surface area contributed by atoms with E-state index in [9.17, 15) is 0 Å². The van der Waals surface area contributed by atoms with Crippen molar-refractivity contribution in [3.8, 4) is 11.5 Å². The van der Waals surface area contributed by atoms with Crippen LogP contribution in [0.15, 0.2) is 42.7 Å². The topological polar surface area (TPSA) is 56.3 Å². The summed E-state index contributed by atoms with van der Waals surface area (Å²) >= 11 is 6.19. The molecule has 0 spiro atoms. The van der Waals surface area contributed by atoms with Crippen LogP contribution in [0.3, 0.4) is 0 Å². The lowest BCUT2D eigenvalue weighted by atomic mass is 10.2. The molecule has 3 rings (SSSR count). The third-order valence-corrected chi connectivity index (χ3v) is 3.57. The van der Waals surface area contributed by atoms with Crippen LogP contribution >= 0.6 is 11.6 Å². The lowest BCUT2D eigenvalue weighted by molar-refractivity contribution is 0.396. The molecule has 0 aliphatic heterocycles. The van der Waals surface area contributed by atoms with Crippen molar-refractivity contribution in [1.29, 1.82) is 0 Å². The Balaban J connectivity index is 2.07. The van der Waals surface area contributed by atoms with Gasteiger partial charge in [0.15, 0.2) is 0 Å². The maximum atomic E-state index is 6.19. The van der Waals surface area contributed by atoms with Crippen molar-refractivity contribution >= 4 is 34.0 Å². The Morgan fingerprint density at radius 2 is 1.77 bits per heavy atom. The first-order valence-electron chi connectivity index (χ1n) is 6.61. The highest BCUT2D eigenvalue weighted by molar-refractivity contribution is 6.32. The molecule has 22 heavy (non-hydrogen) atoms. The third-order valence-electron chi connectivity index (χ3n) is 3.27. The van der Waals surface area contributed by atoms with Gasteiger partial charge in [-0.05, 0) is 18.2 Å². The smallest absolute Gasteiger partial charge is 0.146 e. The molecule has 0 saturated carbocycles. The van der Waals surface area contributed by atoms with Gasteiger partial charge in [-0.1, -0.05) is 23.7 Å². The Morgan fingerprint density at radius 3 is 2.55 bits per heavy atom. The van der Waals surface area contributed by atoms with Crippen molar-refractivity contribution in [3.63, 3.8) is 0 Å². The Labute approximate surface area is 132 Å². The molecule has 0 atom stereocenters. The van der Waals surface area contributed by atoms with Gasteiger partial charge in [0.2, 0.25) is 0 Å². The van der Waals surface area contributed by atoms with Gasteiger partial charge in [-0.25, -0.2) is 9.97 Å². The first kappa shape index (κ1) is 14.4. The van der Waals surface area contributed by atoms with Crippen LogP contribution in [0.25, 0.3) is 10.9 Å². The van der Waals surface area contributed by atoms with Crippen LogP contribution in [0.2, 0.25) is 5.02 Å². The highest BCUT2D eigenvalue weighted by Crippen LogP contribution is 2.37. The van der Waals surface area contributed by atoms with Gasteiger partial charge in [-0.3, -0.25) is 0 Å². The highest BCUT2D eigenvalue weighted by Gasteiger charge is 2.12. The average Bonchev–Trinajstić information content (AvgIpc) is 2.55. The monoisotopic (exact) mass is 315 g/mol. The van der Waals surface area contributed by atoms with Crippen LogP contribution in [0, 0.1) is 0 Å². The standard InChI is InChI=1S/C16H14ClN3O2/c1-21-14-8-15(22-2)13(7-11(14)17)20-16-10-5-3-4-6-12(10)18-9-19-16/h3-9H,1-2H3,(H,18,19,20). The number of fused-ring (bicyclic) bond motifs is 1. The summed E-state index contributed by atoms with van der Waals surface area (Å²) in [6, 6.07) is 11.2. The zero-order chi connectivity index (χ0) is 15.5. The molecule has 3 aromatic rings. The molecule has 5 nitrogen and oxygen atoms in total. The predicted octanol–water partition coefficient (Wildman–Crippen LogP) is 4.04. The molecule has 0 amide bonds. The van der Waals surface area contributed by atoms with E-state index in [4.69, 9.17) is 21.1 Å². The van der Waals surface area contributed by atoms with Crippen molar-refractivity contribution in [3.05, 3.63) is 47.7 Å². The van der Waals surface area contributed by atoms with Crippen LogP contribution < -0.4 is 14.8 Å². The van der Waals surface area contributed by atoms with E-state index < -0.39 is 0 Å². The molecule has 0 bridgehead atoms. The Bertz CT molecular complexity index is 818. The van der Waals surface area contributed by atoms with E-state index in [0.717, 1.165) is 10.9 Å². The molecule has 1 heterocycles. The van der Waals surface area contributed by atoms with Crippen LogP contribution in [-0.2, 0) is 0 Å². The van der Waals surface area contributed by atoms with Gasteiger partial charge in [0.1, 0.15) is 23.6 Å². The number of ether oxygens (including phenoxy) is 2. The second-order valence-corrected chi connectivity index (χ2v) is 4.96. The second-order valence-electron chi connectivity index (χ2n) is 4.55. The minimum atomic E-state index is 0.490. The normalized spacial score (nSPS) is 10.5. The number of halogens is 1. The van der Waals surface area contributed by atoms with Gasteiger partial charge in [0, 0.05) is 11.5 Å². The maximum Gasteiger partial charge on any atom is 0.146 e. The van der Waals surface area contributed by atoms with E-state index in [1.54, 1.807) is 26.4 Å². The van der Waals surface area contributed by atoms with Crippen LogP contribution in [-0.4, -0.2) is 24.2 Å². The molecule has 112 valence electrons. The quantitative estimate of drug-likeness (QED) is 0.787. The number of para-hydroxylation sites is 1. The van der Waals surface area contributed by atoms with E-state index in [-0.39, 0.29) is 0 Å². The summed E-state index contributed by atoms with van der Waals surface area (Å²) in [6.45, 7) is 0. The predicted molar refractivity (Wildman–Crippen MR) is 87.4 cm³/mol. The van der Waals surface area contributed by atoms with Gasteiger partial charge in [-0.2, -0.15) is 0 Å². The lowest BCUT2D eigenvalue weighted by Gasteiger charge is -2.14. The first-order chi connectivity index (χ1) is 10.7. The lowest BCUT2D eigenvalue weighted by Crippen LogP contribution is -1.99. The molecular weight excluding hydrogens is 302 g/mol. The molecule has 6 heteroatoms. The van der Waals surface area contributed by atoms with Gasteiger partial charge < -0.3 is 14.8 Å². The summed E-state index contributed by atoms with van der Waals surface area (Å²) in [5.74, 6) is 1.85. The van der Waals surface area contributed by atoms with E-state index in [1.165, 1.54) is 6.33 Å². The summed E-state index contributed by atoms with van der Waals surface area (Å²) in [6.07, 6.45) is 1.52. The summed E-state index contributed by atoms with van der Waals surface area (Å²) in [7, 11) is 3.15. The number of nitrogens with one attached hydrogen (secondary N) is 1.